The summed E-state index contributed by atoms with van der Waals surface area (Å²) in [6.07, 6.45) is 1.86. The molecule has 0 aromatic heterocycles. The van der Waals surface area contributed by atoms with Crippen LogP contribution in [-0.2, 0) is 4.79 Å². The van der Waals surface area contributed by atoms with E-state index in [0.29, 0.717) is 36.0 Å². The molecule has 160 valence electrons. The second-order valence-electron chi connectivity index (χ2n) is 7.48. The fourth-order valence-corrected chi connectivity index (χ4v) is 3.46. The van der Waals surface area contributed by atoms with Gasteiger partial charge in [-0.2, -0.15) is 0 Å². The SMILES string of the molecule is CCCN(CCC)C(=O)c1ccc(NC(=O)C(C)c2ccc3c(c2)OCCO3)cc1. The highest BCUT2D eigenvalue weighted by atomic mass is 16.6. The van der Waals surface area contributed by atoms with E-state index in [1.807, 2.05) is 30.0 Å². The van der Waals surface area contributed by atoms with Crippen molar-refractivity contribution in [2.24, 2.45) is 0 Å². The van der Waals surface area contributed by atoms with Gasteiger partial charge >= 0.3 is 0 Å². The van der Waals surface area contributed by atoms with Crippen molar-refractivity contribution in [2.45, 2.75) is 39.5 Å². The molecular weight excluding hydrogens is 380 g/mol. The molecule has 1 aliphatic heterocycles. The summed E-state index contributed by atoms with van der Waals surface area (Å²) >= 11 is 0. The van der Waals surface area contributed by atoms with Crippen molar-refractivity contribution in [2.75, 3.05) is 31.6 Å². The van der Waals surface area contributed by atoms with Crippen LogP contribution in [0.25, 0.3) is 0 Å². The van der Waals surface area contributed by atoms with Gasteiger partial charge in [-0.05, 0) is 61.7 Å². The van der Waals surface area contributed by atoms with Crippen molar-refractivity contribution in [3.63, 3.8) is 0 Å². The van der Waals surface area contributed by atoms with E-state index in [9.17, 15) is 9.59 Å². The van der Waals surface area contributed by atoms with Gasteiger partial charge in [-0.15, -0.1) is 0 Å². The van der Waals surface area contributed by atoms with E-state index in [-0.39, 0.29) is 17.7 Å². The molecule has 2 aromatic carbocycles. The van der Waals surface area contributed by atoms with E-state index in [1.54, 1.807) is 24.3 Å². The Labute approximate surface area is 178 Å². The Morgan fingerprint density at radius 3 is 2.23 bits per heavy atom. The second-order valence-corrected chi connectivity index (χ2v) is 7.48. The molecule has 1 unspecified atom stereocenters. The predicted octanol–water partition coefficient (Wildman–Crippen LogP) is 4.46. The first-order chi connectivity index (χ1) is 14.5. The number of carbonyl (C=O) groups excluding carboxylic acids is 2. The van der Waals surface area contributed by atoms with E-state index in [1.165, 1.54) is 0 Å². The van der Waals surface area contributed by atoms with Crippen LogP contribution in [0.2, 0.25) is 0 Å². The molecule has 3 rings (SSSR count). The number of fused-ring (bicyclic) bond motifs is 1. The molecule has 2 aromatic rings. The number of anilines is 1. The fourth-order valence-electron chi connectivity index (χ4n) is 3.46. The lowest BCUT2D eigenvalue weighted by Crippen LogP contribution is -2.32. The van der Waals surface area contributed by atoms with Crippen molar-refractivity contribution < 1.29 is 19.1 Å². The molecule has 30 heavy (non-hydrogen) atoms. The zero-order valence-corrected chi connectivity index (χ0v) is 17.9. The molecule has 0 radical (unpaired) electrons. The van der Waals surface area contributed by atoms with Crippen LogP contribution >= 0.6 is 0 Å². The number of hydrogen-bond donors (Lipinski definition) is 1. The molecule has 0 saturated carbocycles. The number of amides is 2. The molecule has 6 nitrogen and oxygen atoms in total. The van der Waals surface area contributed by atoms with Gasteiger partial charge in [0.25, 0.3) is 5.91 Å². The van der Waals surface area contributed by atoms with Crippen LogP contribution < -0.4 is 14.8 Å². The minimum atomic E-state index is -0.355. The Kier molecular flexibility index (Phi) is 7.33. The van der Waals surface area contributed by atoms with E-state index in [4.69, 9.17) is 9.47 Å². The van der Waals surface area contributed by atoms with E-state index >= 15 is 0 Å². The summed E-state index contributed by atoms with van der Waals surface area (Å²) in [6.45, 7) is 8.53. The number of nitrogens with zero attached hydrogens (tertiary/aromatic N) is 1. The molecule has 1 aliphatic rings. The van der Waals surface area contributed by atoms with E-state index < -0.39 is 0 Å². The van der Waals surface area contributed by atoms with Gasteiger partial charge in [-0.3, -0.25) is 9.59 Å². The van der Waals surface area contributed by atoms with Gasteiger partial charge in [-0.25, -0.2) is 0 Å². The van der Waals surface area contributed by atoms with Crippen molar-refractivity contribution in [1.82, 2.24) is 4.90 Å². The second kappa shape index (κ2) is 10.1. The van der Waals surface area contributed by atoms with Crippen LogP contribution in [0, 0.1) is 0 Å². The number of rotatable bonds is 8. The molecule has 0 bridgehead atoms. The lowest BCUT2D eigenvalue weighted by molar-refractivity contribution is -0.117. The third-order valence-corrected chi connectivity index (χ3v) is 5.13. The van der Waals surface area contributed by atoms with Gasteiger partial charge in [0.05, 0.1) is 5.92 Å². The maximum absolute atomic E-state index is 12.7. The molecule has 1 heterocycles. The number of nitrogens with one attached hydrogen (secondary N) is 1. The van der Waals surface area contributed by atoms with Crippen molar-refractivity contribution in [3.05, 3.63) is 53.6 Å². The monoisotopic (exact) mass is 410 g/mol. The van der Waals surface area contributed by atoms with Crippen LogP contribution in [-0.4, -0.2) is 43.0 Å². The summed E-state index contributed by atoms with van der Waals surface area (Å²) in [5.74, 6) is 0.931. The molecule has 0 saturated heterocycles. The Morgan fingerprint density at radius 2 is 1.60 bits per heavy atom. The zero-order chi connectivity index (χ0) is 21.5. The number of benzene rings is 2. The van der Waals surface area contributed by atoms with Gasteiger partial charge in [0.2, 0.25) is 5.91 Å². The van der Waals surface area contributed by atoms with Crippen LogP contribution in [0.3, 0.4) is 0 Å². The Morgan fingerprint density at radius 1 is 0.967 bits per heavy atom. The first-order valence-corrected chi connectivity index (χ1v) is 10.6. The number of ether oxygens (including phenoxy) is 2. The van der Waals surface area contributed by atoms with Gasteiger partial charge in [0.1, 0.15) is 13.2 Å². The summed E-state index contributed by atoms with van der Waals surface area (Å²) in [4.78, 5) is 27.3. The van der Waals surface area contributed by atoms with E-state index in [0.717, 1.165) is 31.5 Å². The largest absolute Gasteiger partial charge is 0.486 e. The summed E-state index contributed by atoms with van der Waals surface area (Å²) in [7, 11) is 0. The normalized spacial score (nSPS) is 13.4. The van der Waals surface area contributed by atoms with Crippen LogP contribution in [0.5, 0.6) is 11.5 Å². The molecule has 0 aliphatic carbocycles. The van der Waals surface area contributed by atoms with E-state index in [2.05, 4.69) is 19.2 Å². The van der Waals surface area contributed by atoms with Crippen molar-refractivity contribution in [1.29, 1.82) is 0 Å². The van der Waals surface area contributed by atoms with Crippen molar-refractivity contribution in [3.8, 4) is 11.5 Å². The lowest BCUT2D eigenvalue weighted by Gasteiger charge is -2.22. The summed E-state index contributed by atoms with van der Waals surface area (Å²) in [5.41, 5.74) is 2.16. The zero-order valence-electron chi connectivity index (χ0n) is 17.9. The van der Waals surface area contributed by atoms with Crippen molar-refractivity contribution >= 4 is 17.5 Å². The first kappa shape index (κ1) is 21.7. The average molecular weight is 411 g/mol. The third kappa shape index (κ3) is 5.12. The molecule has 1 N–H and O–H groups in total. The molecular formula is C24H30N2O4. The highest BCUT2D eigenvalue weighted by molar-refractivity contribution is 5.97. The lowest BCUT2D eigenvalue weighted by atomic mass is 9.99. The van der Waals surface area contributed by atoms with Gasteiger partial charge in [0, 0.05) is 24.3 Å². The molecule has 2 amide bonds. The standard InChI is InChI=1S/C24H30N2O4/c1-4-12-26(13-5-2)24(28)18-6-9-20(10-7-18)25-23(27)17(3)19-8-11-21-22(16-19)30-15-14-29-21/h6-11,16-17H,4-5,12-15H2,1-3H3,(H,25,27). The Balaban J connectivity index is 1.64. The number of carbonyl (C=O) groups is 2. The quantitative estimate of drug-likeness (QED) is 0.698. The predicted molar refractivity (Wildman–Crippen MR) is 117 cm³/mol. The maximum Gasteiger partial charge on any atom is 0.253 e. The summed E-state index contributed by atoms with van der Waals surface area (Å²) in [5, 5.41) is 2.93. The summed E-state index contributed by atoms with van der Waals surface area (Å²) < 4.78 is 11.1. The first-order valence-electron chi connectivity index (χ1n) is 10.6. The van der Waals surface area contributed by atoms with Crippen LogP contribution in [0.4, 0.5) is 5.69 Å². The van der Waals surface area contributed by atoms with Gasteiger partial charge < -0.3 is 19.7 Å². The molecule has 0 fully saturated rings. The highest BCUT2D eigenvalue weighted by Gasteiger charge is 2.20. The van der Waals surface area contributed by atoms with Gasteiger partial charge in [0.15, 0.2) is 11.5 Å². The Bertz CT molecular complexity index is 873. The molecule has 6 heteroatoms. The molecule has 1 atom stereocenters. The smallest absolute Gasteiger partial charge is 0.253 e. The topological polar surface area (TPSA) is 67.9 Å². The number of hydrogen-bond acceptors (Lipinski definition) is 4. The minimum absolute atomic E-state index is 0.0289. The third-order valence-electron chi connectivity index (χ3n) is 5.13. The van der Waals surface area contributed by atoms with Crippen LogP contribution in [0.15, 0.2) is 42.5 Å². The summed E-state index contributed by atoms with van der Waals surface area (Å²) in [6, 6.07) is 12.7. The van der Waals surface area contributed by atoms with Crippen LogP contribution in [0.1, 0.15) is 55.5 Å². The maximum atomic E-state index is 12.7. The Hall–Kier alpha value is -3.02. The highest BCUT2D eigenvalue weighted by Crippen LogP contribution is 2.33. The molecule has 0 spiro atoms. The fraction of sp³-hybridized carbons (Fsp3) is 0.417. The minimum Gasteiger partial charge on any atom is -0.486 e. The van der Waals surface area contributed by atoms with Gasteiger partial charge in [-0.1, -0.05) is 19.9 Å². The average Bonchev–Trinajstić information content (AvgIpc) is 2.78.